The number of methoxy groups -OCH3 is 1. The molecule has 0 heterocycles. The minimum atomic E-state index is -4.41. The lowest BCUT2D eigenvalue weighted by Gasteiger charge is -2.09. The van der Waals surface area contributed by atoms with Crippen molar-refractivity contribution < 1.29 is 17.9 Å². The highest BCUT2D eigenvalue weighted by atomic mass is 35.5. The summed E-state index contributed by atoms with van der Waals surface area (Å²) in [5.74, 6) is 0.304. The normalized spacial score (nSPS) is 11.5. The van der Waals surface area contributed by atoms with Crippen LogP contribution in [0, 0.1) is 0 Å². The van der Waals surface area contributed by atoms with Crippen LogP contribution in [0.3, 0.4) is 0 Å². The van der Waals surface area contributed by atoms with E-state index in [1.807, 2.05) is 0 Å². The summed E-state index contributed by atoms with van der Waals surface area (Å²) in [4.78, 5) is 0. The van der Waals surface area contributed by atoms with Crippen LogP contribution in [0.4, 0.5) is 13.2 Å². The lowest BCUT2D eigenvalue weighted by molar-refractivity contribution is -0.137. The molecule has 1 rings (SSSR count). The van der Waals surface area contributed by atoms with E-state index in [4.69, 9.17) is 16.3 Å². The summed E-state index contributed by atoms with van der Waals surface area (Å²) in [6.07, 6.45) is -4.41. The van der Waals surface area contributed by atoms with Gasteiger partial charge in [-0.15, -0.1) is 0 Å². The molecule has 0 bridgehead atoms. The van der Waals surface area contributed by atoms with E-state index in [1.54, 1.807) is 0 Å². The molecule has 0 spiro atoms. The van der Waals surface area contributed by atoms with Crippen LogP contribution in [-0.2, 0) is 6.18 Å². The van der Waals surface area contributed by atoms with E-state index in [2.05, 4.69) is 0 Å². The van der Waals surface area contributed by atoms with Crippen LogP contribution >= 0.6 is 11.6 Å². The van der Waals surface area contributed by atoms with Crippen LogP contribution in [-0.4, -0.2) is 7.11 Å². The molecule has 0 aliphatic carbocycles. The van der Waals surface area contributed by atoms with Gasteiger partial charge in [-0.2, -0.15) is 13.2 Å². The van der Waals surface area contributed by atoms with E-state index in [-0.39, 0.29) is 5.02 Å². The fraction of sp³-hybridized carbons (Fsp3) is 0.250. The van der Waals surface area contributed by atoms with E-state index in [1.165, 1.54) is 13.2 Å². The first kappa shape index (κ1) is 10.2. The summed E-state index contributed by atoms with van der Waals surface area (Å²) in [5, 5.41) is -0.355. The average molecular weight is 211 g/mol. The highest BCUT2D eigenvalue weighted by molar-refractivity contribution is 6.31. The molecule has 1 nitrogen and oxygen atoms in total. The number of alkyl halides is 3. The third-order valence-corrected chi connectivity index (χ3v) is 1.79. The zero-order chi connectivity index (χ0) is 10.1. The summed E-state index contributed by atoms with van der Waals surface area (Å²) in [6, 6.07) is 3.24. The van der Waals surface area contributed by atoms with Gasteiger partial charge in [0.25, 0.3) is 0 Å². The number of rotatable bonds is 1. The van der Waals surface area contributed by atoms with Gasteiger partial charge in [-0.25, -0.2) is 0 Å². The maximum Gasteiger partial charge on any atom is 0.417 e. The van der Waals surface area contributed by atoms with Gasteiger partial charge in [0, 0.05) is 0 Å². The molecule has 0 amide bonds. The number of hydrogen-bond acceptors (Lipinski definition) is 1. The minimum Gasteiger partial charge on any atom is -0.497 e. The second kappa shape index (κ2) is 3.46. The Morgan fingerprint density at radius 3 is 2.31 bits per heavy atom. The summed E-state index contributed by atoms with van der Waals surface area (Å²) in [7, 11) is 1.36. The van der Waals surface area contributed by atoms with Crippen LogP contribution in [0.1, 0.15) is 5.56 Å². The minimum absolute atomic E-state index is 0.304. The van der Waals surface area contributed by atoms with Gasteiger partial charge in [-0.3, -0.25) is 0 Å². The third-order valence-electron chi connectivity index (χ3n) is 1.48. The highest BCUT2D eigenvalue weighted by Gasteiger charge is 2.33. The topological polar surface area (TPSA) is 9.23 Å². The Labute approximate surface area is 78.1 Å². The first-order valence-corrected chi connectivity index (χ1v) is 3.73. The second-order valence-electron chi connectivity index (χ2n) is 2.34. The zero-order valence-electron chi connectivity index (χ0n) is 6.65. The smallest absolute Gasteiger partial charge is 0.417 e. The summed E-state index contributed by atoms with van der Waals surface area (Å²) >= 11 is 5.39. The van der Waals surface area contributed by atoms with Gasteiger partial charge in [-0.05, 0) is 18.2 Å². The van der Waals surface area contributed by atoms with Gasteiger partial charge in [0.15, 0.2) is 0 Å². The van der Waals surface area contributed by atoms with E-state index in [0.29, 0.717) is 5.75 Å². The quantitative estimate of drug-likeness (QED) is 0.691. The molecule has 0 N–H and O–H groups in total. The number of ether oxygens (including phenoxy) is 1. The maximum atomic E-state index is 12.2. The molecule has 0 radical (unpaired) electrons. The van der Waals surface area contributed by atoms with Gasteiger partial charge in [0.2, 0.25) is 0 Å². The van der Waals surface area contributed by atoms with E-state index >= 15 is 0 Å². The van der Waals surface area contributed by atoms with Gasteiger partial charge in [-0.1, -0.05) is 11.6 Å². The molecule has 5 heteroatoms. The molecular weight excluding hydrogens is 205 g/mol. The van der Waals surface area contributed by atoms with Crippen LogP contribution in [0.2, 0.25) is 5.02 Å². The molecule has 0 fully saturated rings. The van der Waals surface area contributed by atoms with Gasteiger partial charge < -0.3 is 4.74 Å². The fourth-order valence-electron chi connectivity index (χ4n) is 0.853. The summed E-state index contributed by atoms with van der Waals surface area (Å²) in [5.41, 5.74) is -0.852. The van der Waals surface area contributed by atoms with Crippen molar-refractivity contribution in [3.8, 4) is 5.75 Å². The van der Waals surface area contributed by atoms with Crippen LogP contribution in [0.25, 0.3) is 0 Å². The van der Waals surface area contributed by atoms with Crippen LogP contribution in [0.5, 0.6) is 5.75 Å². The molecule has 0 saturated heterocycles. The average Bonchev–Trinajstić information content (AvgIpc) is 2.01. The third kappa shape index (κ3) is 2.28. The largest absolute Gasteiger partial charge is 0.497 e. The summed E-state index contributed by atoms with van der Waals surface area (Å²) < 4.78 is 41.2. The monoisotopic (exact) mass is 210 g/mol. The zero-order valence-corrected chi connectivity index (χ0v) is 7.41. The Bertz CT molecular complexity index is 309. The van der Waals surface area contributed by atoms with Crippen molar-refractivity contribution in [3.63, 3.8) is 0 Å². The summed E-state index contributed by atoms with van der Waals surface area (Å²) in [6.45, 7) is 0. The fourth-order valence-corrected chi connectivity index (χ4v) is 1.13. The van der Waals surface area contributed by atoms with Crippen molar-refractivity contribution >= 4 is 11.6 Å². The number of benzene rings is 1. The molecule has 13 heavy (non-hydrogen) atoms. The Hall–Kier alpha value is -0.900. The number of halogens is 4. The SMILES string of the molecule is COc1ccc(C(F)(F)F)c(Cl)c1. The predicted octanol–water partition coefficient (Wildman–Crippen LogP) is 3.37. The molecule has 72 valence electrons. The number of hydrogen-bond donors (Lipinski definition) is 0. The van der Waals surface area contributed by atoms with Gasteiger partial charge in [0.1, 0.15) is 5.75 Å². The van der Waals surface area contributed by atoms with Crippen molar-refractivity contribution in [1.29, 1.82) is 0 Å². The highest BCUT2D eigenvalue weighted by Crippen LogP contribution is 2.36. The first-order valence-electron chi connectivity index (χ1n) is 3.36. The molecule has 0 unspecified atom stereocenters. The molecule has 0 aromatic heterocycles. The molecule has 0 aliphatic heterocycles. The predicted molar refractivity (Wildman–Crippen MR) is 43.0 cm³/mol. The lowest BCUT2D eigenvalue weighted by atomic mass is 10.2. The Balaban J connectivity index is 3.13. The van der Waals surface area contributed by atoms with Crippen molar-refractivity contribution in [3.05, 3.63) is 28.8 Å². The molecular formula is C8H6ClF3O. The van der Waals surface area contributed by atoms with E-state index < -0.39 is 11.7 Å². The van der Waals surface area contributed by atoms with E-state index in [0.717, 1.165) is 12.1 Å². The van der Waals surface area contributed by atoms with Crippen LogP contribution < -0.4 is 4.74 Å². The molecule has 0 saturated carbocycles. The Morgan fingerprint density at radius 1 is 1.31 bits per heavy atom. The maximum absolute atomic E-state index is 12.2. The van der Waals surface area contributed by atoms with Gasteiger partial charge >= 0.3 is 6.18 Å². The second-order valence-corrected chi connectivity index (χ2v) is 2.75. The molecule has 1 aromatic carbocycles. The van der Waals surface area contributed by atoms with Crippen LogP contribution in [0.15, 0.2) is 18.2 Å². The molecule has 0 atom stereocenters. The standard InChI is InChI=1S/C8H6ClF3O/c1-13-5-2-3-6(7(9)4-5)8(10,11)12/h2-4H,1H3. The van der Waals surface area contributed by atoms with E-state index in [9.17, 15) is 13.2 Å². The van der Waals surface area contributed by atoms with Crippen molar-refractivity contribution in [2.45, 2.75) is 6.18 Å². The van der Waals surface area contributed by atoms with Crippen molar-refractivity contribution in [2.75, 3.05) is 7.11 Å². The first-order chi connectivity index (χ1) is 5.95. The van der Waals surface area contributed by atoms with Gasteiger partial charge in [0.05, 0.1) is 17.7 Å². The van der Waals surface area contributed by atoms with Crippen molar-refractivity contribution in [1.82, 2.24) is 0 Å². The molecule has 0 aliphatic rings. The van der Waals surface area contributed by atoms with Crippen molar-refractivity contribution in [2.24, 2.45) is 0 Å². The Morgan fingerprint density at radius 2 is 1.92 bits per heavy atom. The molecule has 1 aromatic rings. The Kier molecular flexibility index (Phi) is 2.71. The lowest BCUT2D eigenvalue weighted by Crippen LogP contribution is -2.05.